The largest absolute Gasteiger partial charge is 0.394 e. The third kappa shape index (κ3) is 4.57. The molecule has 0 aromatic heterocycles. The number of carbonyl (C=O) groups excluding carboxylic acids is 1. The van der Waals surface area contributed by atoms with E-state index in [9.17, 15) is 15.0 Å². The van der Waals surface area contributed by atoms with Crippen LogP contribution in [0.25, 0.3) is 0 Å². The maximum Gasteiger partial charge on any atom is 0.217 e. The number of nitrogens with one attached hydrogen (secondary N) is 1. The molecule has 0 aliphatic heterocycles. The number of carbonyl (C=O) groups is 1. The van der Waals surface area contributed by atoms with Gasteiger partial charge in [0, 0.05) is 14.0 Å². The van der Waals surface area contributed by atoms with Crippen LogP contribution in [0.15, 0.2) is 0 Å². The number of aliphatic hydroxyl groups excluding tert-OH is 3. The first kappa shape index (κ1) is 14.3. The molecule has 0 saturated carbocycles. The van der Waals surface area contributed by atoms with E-state index in [0.29, 0.717) is 0 Å². The Morgan fingerprint density at radius 3 is 2.27 bits per heavy atom. The summed E-state index contributed by atoms with van der Waals surface area (Å²) < 4.78 is 4.76. The molecule has 0 heterocycles. The third-order valence-corrected chi connectivity index (χ3v) is 2.16. The molecule has 1 amide bonds. The van der Waals surface area contributed by atoms with Crippen LogP contribution in [0.5, 0.6) is 0 Å². The molecule has 0 aromatic carbocycles. The molecule has 4 atom stereocenters. The van der Waals surface area contributed by atoms with Gasteiger partial charge in [0.1, 0.15) is 18.3 Å². The Balaban J connectivity index is 4.28. The fraction of sp³-hybridized carbons (Fsp3) is 0.889. The van der Waals surface area contributed by atoms with Crippen LogP contribution in [0.3, 0.4) is 0 Å². The monoisotopic (exact) mass is 221 g/mol. The van der Waals surface area contributed by atoms with Crippen molar-refractivity contribution in [2.75, 3.05) is 13.7 Å². The number of ether oxygens (including phenoxy) is 1. The smallest absolute Gasteiger partial charge is 0.217 e. The van der Waals surface area contributed by atoms with Crippen LogP contribution in [-0.4, -0.2) is 59.3 Å². The lowest BCUT2D eigenvalue weighted by atomic mass is 10.0. The number of methoxy groups -OCH3 is 1. The van der Waals surface area contributed by atoms with E-state index in [-0.39, 0.29) is 5.91 Å². The second kappa shape index (κ2) is 6.73. The number of amides is 1. The zero-order chi connectivity index (χ0) is 12.0. The van der Waals surface area contributed by atoms with Gasteiger partial charge in [-0.3, -0.25) is 4.79 Å². The van der Waals surface area contributed by atoms with E-state index in [1.807, 2.05) is 0 Å². The highest BCUT2D eigenvalue weighted by Crippen LogP contribution is 2.07. The first-order chi connectivity index (χ1) is 6.93. The van der Waals surface area contributed by atoms with Crippen LogP contribution in [-0.2, 0) is 9.53 Å². The van der Waals surface area contributed by atoms with Gasteiger partial charge in [-0.1, -0.05) is 0 Å². The average Bonchev–Trinajstić information content (AvgIpc) is 2.17. The summed E-state index contributed by atoms with van der Waals surface area (Å²) in [6.45, 7) is 2.47. The summed E-state index contributed by atoms with van der Waals surface area (Å²) in [4.78, 5) is 10.7. The van der Waals surface area contributed by atoms with Gasteiger partial charge in [-0.15, -0.1) is 0 Å². The molecule has 90 valence electrons. The minimum absolute atomic E-state index is 0.299. The van der Waals surface area contributed by atoms with E-state index in [1.165, 1.54) is 14.0 Å². The summed E-state index contributed by atoms with van der Waals surface area (Å²) in [5.74, 6) is -0.299. The van der Waals surface area contributed by atoms with Crippen molar-refractivity contribution in [3.63, 3.8) is 0 Å². The molecule has 0 aliphatic carbocycles. The lowest BCUT2D eigenvalue weighted by molar-refractivity contribution is -0.124. The van der Waals surface area contributed by atoms with Crippen LogP contribution in [0, 0.1) is 0 Å². The SMILES string of the molecule is CO[C@H](CO)C(O)C(O)C(C)NC(C)=O. The molecule has 6 nitrogen and oxygen atoms in total. The van der Waals surface area contributed by atoms with Crippen molar-refractivity contribution in [2.45, 2.75) is 38.2 Å². The molecule has 0 spiro atoms. The molecule has 15 heavy (non-hydrogen) atoms. The third-order valence-electron chi connectivity index (χ3n) is 2.16. The predicted octanol–water partition coefficient (Wildman–Crippen LogP) is -1.76. The van der Waals surface area contributed by atoms with E-state index < -0.39 is 31.0 Å². The van der Waals surface area contributed by atoms with Gasteiger partial charge in [0.2, 0.25) is 5.91 Å². The number of rotatable bonds is 6. The van der Waals surface area contributed by atoms with Crippen LogP contribution < -0.4 is 5.32 Å². The first-order valence-electron chi connectivity index (χ1n) is 4.70. The Morgan fingerprint density at radius 1 is 1.40 bits per heavy atom. The van der Waals surface area contributed by atoms with Crippen LogP contribution >= 0.6 is 0 Å². The van der Waals surface area contributed by atoms with Crippen molar-refractivity contribution in [1.82, 2.24) is 5.32 Å². The molecule has 6 heteroatoms. The lowest BCUT2D eigenvalue weighted by Crippen LogP contribution is -2.51. The predicted molar refractivity (Wildman–Crippen MR) is 53.2 cm³/mol. The highest BCUT2D eigenvalue weighted by Gasteiger charge is 2.30. The quantitative estimate of drug-likeness (QED) is 0.426. The van der Waals surface area contributed by atoms with E-state index in [0.717, 1.165) is 0 Å². The summed E-state index contributed by atoms with van der Waals surface area (Å²) in [7, 11) is 1.32. The van der Waals surface area contributed by atoms with E-state index in [2.05, 4.69) is 5.32 Å². The van der Waals surface area contributed by atoms with Gasteiger partial charge in [0.05, 0.1) is 12.6 Å². The Labute approximate surface area is 88.9 Å². The van der Waals surface area contributed by atoms with Crippen molar-refractivity contribution < 1.29 is 24.9 Å². The van der Waals surface area contributed by atoms with Crippen LogP contribution in [0.2, 0.25) is 0 Å². The highest BCUT2D eigenvalue weighted by molar-refractivity contribution is 5.73. The summed E-state index contributed by atoms with van der Waals surface area (Å²) in [6.07, 6.45) is -3.30. The average molecular weight is 221 g/mol. The van der Waals surface area contributed by atoms with E-state index >= 15 is 0 Å². The molecule has 0 aromatic rings. The van der Waals surface area contributed by atoms with Crippen molar-refractivity contribution in [1.29, 1.82) is 0 Å². The van der Waals surface area contributed by atoms with Crippen molar-refractivity contribution >= 4 is 5.91 Å². The summed E-state index contributed by atoms with van der Waals surface area (Å²) in [5.41, 5.74) is 0. The van der Waals surface area contributed by atoms with Gasteiger partial charge in [-0.05, 0) is 6.92 Å². The normalized spacial score (nSPS) is 19.1. The Hall–Kier alpha value is -0.690. The first-order valence-corrected chi connectivity index (χ1v) is 4.70. The Bertz CT molecular complexity index is 195. The maximum absolute atomic E-state index is 10.7. The highest BCUT2D eigenvalue weighted by atomic mass is 16.5. The van der Waals surface area contributed by atoms with Crippen LogP contribution in [0.4, 0.5) is 0 Å². The van der Waals surface area contributed by atoms with Gasteiger partial charge in [0.15, 0.2) is 0 Å². The fourth-order valence-corrected chi connectivity index (χ4v) is 1.24. The van der Waals surface area contributed by atoms with Gasteiger partial charge in [-0.2, -0.15) is 0 Å². The summed E-state index contributed by atoms with van der Waals surface area (Å²) in [6, 6.07) is -0.610. The topological polar surface area (TPSA) is 99.0 Å². The molecule has 0 fully saturated rings. The molecule has 0 saturated heterocycles. The number of hydrogen-bond donors (Lipinski definition) is 4. The fourth-order valence-electron chi connectivity index (χ4n) is 1.24. The second-order valence-corrected chi connectivity index (χ2v) is 3.43. The molecule has 0 bridgehead atoms. The number of hydrogen-bond acceptors (Lipinski definition) is 5. The molecule has 0 radical (unpaired) electrons. The zero-order valence-corrected chi connectivity index (χ0v) is 9.17. The summed E-state index contributed by atoms with van der Waals surface area (Å²) in [5, 5.41) is 30.5. The minimum atomic E-state index is -1.25. The molecule has 4 N–H and O–H groups in total. The van der Waals surface area contributed by atoms with Crippen LogP contribution in [0.1, 0.15) is 13.8 Å². The maximum atomic E-state index is 10.7. The van der Waals surface area contributed by atoms with E-state index in [4.69, 9.17) is 9.84 Å². The summed E-state index contributed by atoms with van der Waals surface area (Å²) >= 11 is 0. The lowest BCUT2D eigenvalue weighted by Gasteiger charge is -2.28. The molecular weight excluding hydrogens is 202 g/mol. The molecule has 3 unspecified atom stereocenters. The zero-order valence-electron chi connectivity index (χ0n) is 9.17. The van der Waals surface area contributed by atoms with Gasteiger partial charge >= 0.3 is 0 Å². The van der Waals surface area contributed by atoms with Crippen molar-refractivity contribution in [3.8, 4) is 0 Å². The van der Waals surface area contributed by atoms with Crippen molar-refractivity contribution in [2.24, 2.45) is 0 Å². The standard InChI is InChI=1S/C9H19NO5/c1-5(10-6(2)12)8(13)9(14)7(4-11)15-3/h5,7-9,11,13-14H,4H2,1-3H3,(H,10,12)/t5?,7-,8?,9?/m1/s1. The van der Waals surface area contributed by atoms with Gasteiger partial charge in [0.25, 0.3) is 0 Å². The van der Waals surface area contributed by atoms with Gasteiger partial charge in [-0.25, -0.2) is 0 Å². The molecular formula is C9H19NO5. The minimum Gasteiger partial charge on any atom is -0.394 e. The molecule has 0 rings (SSSR count). The Kier molecular flexibility index (Phi) is 6.42. The molecule has 0 aliphatic rings. The second-order valence-electron chi connectivity index (χ2n) is 3.43. The van der Waals surface area contributed by atoms with E-state index in [1.54, 1.807) is 6.92 Å². The van der Waals surface area contributed by atoms with Gasteiger partial charge < -0.3 is 25.4 Å². The number of aliphatic hydroxyl groups is 3. The Morgan fingerprint density at radius 2 is 1.93 bits per heavy atom. The van der Waals surface area contributed by atoms with Crippen molar-refractivity contribution in [3.05, 3.63) is 0 Å².